The molecule has 0 saturated carbocycles. The first-order valence-electron chi connectivity index (χ1n) is 6.71. The minimum atomic E-state index is -0.333. The summed E-state index contributed by atoms with van der Waals surface area (Å²) in [5.41, 5.74) is 2.15. The molecule has 1 saturated heterocycles. The molecule has 0 bridgehead atoms. The van der Waals surface area contributed by atoms with Crippen molar-refractivity contribution in [3.05, 3.63) is 41.9 Å². The Kier molecular flexibility index (Phi) is 3.43. The Morgan fingerprint density at radius 2 is 2.14 bits per heavy atom. The van der Waals surface area contributed by atoms with Crippen molar-refractivity contribution in [1.82, 2.24) is 15.6 Å². The number of carbonyl (C=O) groups excluding carboxylic acids is 2. The van der Waals surface area contributed by atoms with E-state index >= 15 is 0 Å². The maximum absolute atomic E-state index is 12.3. The minimum absolute atomic E-state index is 0.0563. The number of aryl methyl sites for hydroxylation is 1. The van der Waals surface area contributed by atoms with Crippen molar-refractivity contribution in [2.24, 2.45) is 0 Å². The third-order valence-electron chi connectivity index (χ3n) is 3.41. The number of oxazole rings is 1. The van der Waals surface area contributed by atoms with Crippen molar-refractivity contribution < 1.29 is 14.0 Å². The molecule has 2 aromatic rings. The van der Waals surface area contributed by atoms with Gasteiger partial charge in [-0.3, -0.25) is 9.59 Å². The topological polar surface area (TPSA) is 84.2 Å². The highest BCUT2D eigenvalue weighted by molar-refractivity contribution is 5.98. The van der Waals surface area contributed by atoms with Gasteiger partial charge in [-0.05, 0) is 6.92 Å². The Morgan fingerprint density at radius 1 is 1.38 bits per heavy atom. The quantitative estimate of drug-likeness (QED) is 0.889. The SMILES string of the molecule is Cc1ccc(-c2ocnc2C(=O)N[C@H]2CNC(=O)C2)cc1. The molecule has 2 heterocycles. The molecule has 6 nitrogen and oxygen atoms in total. The monoisotopic (exact) mass is 285 g/mol. The fraction of sp³-hybridized carbons (Fsp3) is 0.267. The van der Waals surface area contributed by atoms with E-state index in [4.69, 9.17) is 4.42 Å². The predicted molar refractivity (Wildman–Crippen MR) is 75.6 cm³/mol. The normalized spacial score (nSPS) is 17.6. The first kappa shape index (κ1) is 13.4. The van der Waals surface area contributed by atoms with Crippen LogP contribution in [0.15, 0.2) is 35.1 Å². The number of amides is 2. The number of hydrogen-bond acceptors (Lipinski definition) is 4. The van der Waals surface area contributed by atoms with Crippen LogP contribution in [-0.4, -0.2) is 29.4 Å². The molecule has 1 aromatic carbocycles. The van der Waals surface area contributed by atoms with Gasteiger partial charge in [0.2, 0.25) is 5.91 Å². The van der Waals surface area contributed by atoms with E-state index in [0.29, 0.717) is 18.7 Å². The maximum Gasteiger partial charge on any atom is 0.274 e. The van der Waals surface area contributed by atoms with Crippen LogP contribution in [0.1, 0.15) is 22.5 Å². The zero-order chi connectivity index (χ0) is 14.8. The van der Waals surface area contributed by atoms with Crippen LogP contribution in [0.4, 0.5) is 0 Å². The Bertz CT molecular complexity index is 676. The molecule has 21 heavy (non-hydrogen) atoms. The number of aromatic nitrogens is 1. The summed E-state index contributed by atoms with van der Waals surface area (Å²) in [5, 5.41) is 5.46. The first-order chi connectivity index (χ1) is 10.1. The van der Waals surface area contributed by atoms with E-state index in [1.807, 2.05) is 31.2 Å². The molecule has 6 heteroatoms. The molecular formula is C15H15N3O3. The second kappa shape index (κ2) is 5.40. The van der Waals surface area contributed by atoms with Crippen LogP contribution >= 0.6 is 0 Å². The van der Waals surface area contributed by atoms with E-state index in [2.05, 4.69) is 15.6 Å². The predicted octanol–water partition coefficient (Wildman–Crippen LogP) is 1.27. The summed E-state index contributed by atoms with van der Waals surface area (Å²) in [7, 11) is 0. The summed E-state index contributed by atoms with van der Waals surface area (Å²) in [4.78, 5) is 27.4. The van der Waals surface area contributed by atoms with Crippen molar-refractivity contribution in [2.75, 3.05) is 6.54 Å². The lowest BCUT2D eigenvalue weighted by Gasteiger charge is -2.09. The van der Waals surface area contributed by atoms with Crippen LogP contribution in [0.2, 0.25) is 0 Å². The van der Waals surface area contributed by atoms with Crippen LogP contribution in [0.5, 0.6) is 0 Å². The smallest absolute Gasteiger partial charge is 0.274 e. The standard InChI is InChI=1S/C15H15N3O3/c1-9-2-4-10(5-3-9)14-13(17-8-21-14)15(20)18-11-6-12(19)16-7-11/h2-5,8,11H,6-7H2,1H3,(H,16,19)(H,18,20)/t11-/m1/s1. The van der Waals surface area contributed by atoms with Gasteiger partial charge in [0.15, 0.2) is 17.8 Å². The van der Waals surface area contributed by atoms with Gasteiger partial charge in [0, 0.05) is 18.5 Å². The second-order valence-electron chi connectivity index (χ2n) is 5.07. The van der Waals surface area contributed by atoms with Gasteiger partial charge >= 0.3 is 0 Å². The number of hydrogen-bond donors (Lipinski definition) is 2. The highest BCUT2D eigenvalue weighted by Crippen LogP contribution is 2.23. The summed E-state index contributed by atoms with van der Waals surface area (Å²) in [6.07, 6.45) is 1.55. The summed E-state index contributed by atoms with van der Waals surface area (Å²) in [6, 6.07) is 7.45. The van der Waals surface area contributed by atoms with Gasteiger partial charge in [-0.15, -0.1) is 0 Å². The van der Waals surface area contributed by atoms with Crippen LogP contribution in [0, 0.1) is 6.92 Å². The molecule has 1 aliphatic rings. The highest BCUT2D eigenvalue weighted by atomic mass is 16.3. The van der Waals surface area contributed by atoms with Gasteiger partial charge in [-0.2, -0.15) is 0 Å². The van der Waals surface area contributed by atoms with Crippen LogP contribution < -0.4 is 10.6 Å². The van der Waals surface area contributed by atoms with Crippen molar-refractivity contribution in [2.45, 2.75) is 19.4 Å². The van der Waals surface area contributed by atoms with Crippen molar-refractivity contribution in [3.8, 4) is 11.3 Å². The molecule has 3 rings (SSSR count). The molecule has 1 aliphatic heterocycles. The van der Waals surface area contributed by atoms with Gasteiger partial charge in [0.1, 0.15) is 0 Å². The lowest BCUT2D eigenvalue weighted by atomic mass is 10.1. The summed E-state index contributed by atoms with van der Waals surface area (Å²) in [6.45, 7) is 2.43. The molecular weight excluding hydrogens is 270 g/mol. The zero-order valence-corrected chi connectivity index (χ0v) is 11.6. The van der Waals surface area contributed by atoms with E-state index in [1.165, 1.54) is 6.39 Å². The van der Waals surface area contributed by atoms with E-state index in [-0.39, 0.29) is 23.6 Å². The average Bonchev–Trinajstić information content (AvgIpc) is 3.09. The van der Waals surface area contributed by atoms with Crippen LogP contribution in [-0.2, 0) is 4.79 Å². The number of carbonyl (C=O) groups is 2. The Labute approximate surface area is 121 Å². The minimum Gasteiger partial charge on any atom is -0.443 e. The van der Waals surface area contributed by atoms with Crippen LogP contribution in [0.25, 0.3) is 11.3 Å². The average molecular weight is 285 g/mol. The first-order valence-corrected chi connectivity index (χ1v) is 6.71. The summed E-state index contributed by atoms with van der Waals surface area (Å²) in [5.74, 6) is 0.0461. The fourth-order valence-electron chi connectivity index (χ4n) is 2.28. The van der Waals surface area contributed by atoms with Crippen molar-refractivity contribution in [1.29, 1.82) is 0 Å². The number of nitrogens with zero attached hydrogens (tertiary/aromatic N) is 1. The lowest BCUT2D eigenvalue weighted by molar-refractivity contribution is -0.119. The van der Waals surface area contributed by atoms with E-state index in [1.54, 1.807) is 0 Å². The Hall–Kier alpha value is -2.63. The largest absolute Gasteiger partial charge is 0.443 e. The van der Waals surface area contributed by atoms with Gasteiger partial charge in [-0.1, -0.05) is 29.8 Å². The van der Waals surface area contributed by atoms with E-state index in [0.717, 1.165) is 11.1 Å². The molecule has 0 radical (unpaired) electrons. The zero-order valence-electron chi connectivity index (χ0n) is 11.6. The summed E-state index contributed by atoms with van der Waals surface area (Å²) < 4.78 is 5.34. The van der Waals surface area contributed by atoms with Gasteiger partial charge < -0.3 is 15.1 Å². The van der Waals surface area contributed by atoms with Crippen molar-refractivity contribution in [3.63, 3.8) is 0 Å². The van der Waals surface area contributed by atoms with E-state index in [9.17, 15) is 9.59 Å². The molecule has 0 aliphatic carbocycles. The Morgan fingerprint density at radius 3 is 2.81 bits per heavy atom. The molecule has 2 amide bonds. The van der Waals surface area contributed by atoms with Gasteiger partial charge in [0.25, 0.3) is 5.91 Å². The third kappa shape index (κ3) is 2.79. The van der Waals surface area contributed by atoms with E-state index < -0.39 is 0 Å². The summed E-state index contributed by atoms with van der Waals surface area (Å²) >= 11 is 0. The maximum atomic E-state index is 12.3. The molecule has 0 unspecified atom stereocenters. The lowest BCUT2D eigenvalue weighted by Crippen LogP contribution is -2.36. The molecule has 0 spiro atoms. The highest BCUT2D eigenvalue weighted by Gasteiger charge is 2.26. The molecule has 1 aromatic heterocycles. The third-order valence-corrected chi connectivity index (χ3v) is 3.41. The molecule has 2 N–H and O–H groups in total. The number of benzene rings is 1. The molecule has 1 atom stereocenters. The molecule has 108 valence electrons. The van der Waals surface area contributed by atoms with Gasteiger partial charge in [0.05, 0.1) is 6.04 Å². The number of nitrogens with one attached hydrogen (secondary N) is 2. The molecule has 1 fully saturated rings. The Balaban J connectivity index is 1.80. The number of rotatable bonds is 3. The fourth-order valence-corrected chi connectivity index (χ4v) is 2.28. The van der Waals surface area contributed by atoms with Crippen molar-refractivity contribution >= 4 is 11.8 Å². The second-order valence-corrected chi connectivity index (χ2v) is 5.07. The van der Waals surface area contributed by atoms with Crippen LogP contribution in [0.3, 0.4) is 0 Å². The van der Waals surface area contributed by atoms with Gasteiger partial charge in [-0.25, -0.2) is 4.98 Å².